The molecular weight excluding hydrogens is 328 g/mol. The van der Waals surface area contributed by atoms with Crippen molar-refractivity contribution in [1.82, 2.24) is 20.2 Å². The second-order valence-corrected chi connectivity index (χ2v) is 6.16. The molecule has 0 aliphatic heterocycles. The number of carbonyl (C=O) groups is 2. The Hall–Kier alpha value is -3.15. The zero-order valence-corrected chi connectivity index (χ0v) is 15.0. The van der Waals surface area contributed by atoms with Gasteiger partial charge in [-0.3, -0.25) is 9.59 Å². The summed E-state index contributed by atoms with van der Waals surface area (Å²) in [5.74, 6) is 0.745. The fourth-order valence-corrected chi connectivity index (χ4v) is 2.86. The van der Waals surface area contributed by atoms with Gasteiger partial charge in [-0.15, -0.1) is 0 Å². The summed E-state index contributed by atoms with van der Waals surface area (Å²) >= 11 is 0. The molecule has 6 heteroatoms. The van der Waals surface area contributed by atoms with Gasteiger partial charge in [0.25, 0.3) is 5.91 Å². The molecule has 3 rings (SSSR count). The lowest BCUT2D eigenvalue weighted by molar-refractivity contribution is -0.119. The molecule has 0 fully saturated rings. The summed E-state index contributed by atoms with van der Waals surface area (Å²) < 4.78 is 2.10. The van der Waals surface area contributed by atoms with Crippen LogP contribution in [-0.2, 0) is 17.9 Å². The number of aryl methyl sites for hydroxylation is 1. The minimum absolute atomic E-state index is 0.0749. The van der Waals surface area contributed by atoms with Crippen LogP contribution in [0, 0.1) is 6.92 Å². The van der Waals surface area contributed by atoms with E-state index in [-0.39, 0.29) is 11.8 Å². The first kappa shape index (κ1) is 17.7. The predicted octanol–water partition coefficient (Wildman–Crippen LogP) is 2.41. The molecule has 0 atom stereocenters. The fraction of sp³-hybridized carbons (Fsp3) is 0.250. The SMILES string of the molecule is CC(=O)NCc1ccc(C(=O)NCCn2c(C)nc3ccccc32)cc1. The van der Waals surface area contributed by atoms with E-state index in [9.17, 15) is 9.59 Å². The summed E-state index contributed by atoms with van der Waals surface area (Å²) in [6.45, 7) is 5.10. The maximum atomic E-state index is 12.3. The fourth-order valence-electron chi connectivity index (χ4n) is 2.86. The summed E-state index contributed by atoms with van der Waals surface area (Å²) in [4.78, 5) is 27.8. The van der Waals surface area contributed by atoms with Crippen molar-refractivity contribution in [3.05, 3.63) is 65.5 Å². The summed E-state index contributed by atoms with van der Waals surface area (Å²) in [6.07, 6.45) is 0. The quantitative estimate of drug-likeness (QED) is 0.717. The lowest BCUT2D eigenvalue weighted by atomic mass is 10.1. The number of nitrogens with zero attached hydrogens (tertiary/aromatic N) is 2. The van der Waals surface area contributed by atoms with E-state index in [1.165, 1.54) is 6.92 Å². The topological polar surface area (TPSA) is 76.0 Å². The van der Waals surface area contributed by atoms with Gasteiger partial charge in [0.2, 0.25) is 5.91 Å². The average molecular weight is 350 g/mol. The van der Waals surface area contributed by atoms with Crippen LogP contribution in [0.1, 0.15) is 28.7 Å². The second kappa shape index (κ2) is 7.82. The van der Waals surface area contributed by atoms with Gasteiger partial charge in [0.1, 0.15) is 5.82 Å². The Morgan fingerprint density at radius 3 is 2.50 bits per heavy atom. The Kier molecular flexibility index (Phi) is 5.31. The van der Waals surface area contributed by atoms with Gasteiger partial charge in [0.05, 0.1) is 11.0 Å². The maximum absolute atomic E-state index is 12.3. The number of hydrogen-bond donors (Lipinski definition) is 2. The minimum Gasteiger partial charge on any atom is -0.352 e. The molecule has 0 unspecified atom stereocenters. The predicted molar refractivity (Wildman–Crippen MR) is 101 cm³/mol. The van der Waals surface area contributed by atoms with Crippen LogP contribution in [0.2, 0.25) is 0 Å². The molecule has 0 bridgehead atoms. The second-order valence-electron chi connectivity index (χ2n) is 6.16. The lowest BCUT2D eigenvalue weighted by Crippen LogP contribution is -2.27. The highest BCUT2D eigenvalue weighted by Crippen LogP contribution is 2.14. The molecule has 0 spiro atoms. The van der Waals surface area contributed by atoms with E-state index < -0.39 is 0 Å². The van der Waals surface area contributed by atoms with E-state index in [4.69, 9.17) is 0 Å². The van der Waals surface area contributed by atoms with Crippen molar-refractivity contribution in [3.8, 4) is 0 Å². The van der Waals surface area contributed by atoms with Crippen LogP contribution < -0.4 is 10.6 Å². The standard InChI is InChI=1S/C20H22N4O2/c1-14-23-18-5-3-4-6-19(18)24(14)12-11-21-20(26)17-9-7-16(8-10-17)13-22-15(2)25/h3-10H,11-13H2,1-2H3,(H,21,26)(H,22,25). The molecule has 26 heavy (non-hydrogen) atoms. The molecule has 0 aliphatic rings. The van der Waals surface area contributed by atoms with E-state index >= 15 is 0 Å². The van der Waals surface area contributed by atoms with E-state index in [1.54, 1.807) is 12.1 Å². The van der Waals surface area contributed by atoms with Gasteiger partial charge in [-0.05, 0) is 36.8 Å². The number of amides is 2. The Labute approximate surface area is 152 Å². The summed E-state index contributed by atoms with van der Waals surface area (Å²) in [7, 11) is 0. The van der Waals surface area contributed by atoms with Gasteiger partial charge in [0, 0.05) is 32.1 Å². The molecule has 0 aliphatic carbocycles. The first-order valence-corrected chi connectivity index (χ1v) is 8.58. The van der Waals surface area contributed by atoms with E-state index in [1.807, 2.05) is 43.3 Å². The number of imidazole rings is 1. The highest BCUT2D eigenvalue weighted by Gasteiger charge is 2.08. The van der Waals surface area contributed by atoms with Gasteiger partial charge >= 0.3 is 0 Å². The number of hydrogen-bond acceptors (Lipinski definition) is 3. The number of carbonyl (C=O) groups excluding carboxylic acids is 2. The Balaban J connectivity index is 1.57. The third-order valence-corrected chi connectivity index (χ3v) is 4.22. The van der Waals surface area contributed by atoms with Crippen LogP contribution in [0.4, 0.5) is 0 Å². The van der Waals surface area contributed by atoms with Crippen LogP contribution >= 0.6 is 0 Å². The molecule has 134 valence electrons. The highest BCUT2D eigenvalue weighted by atomic mass is 16.2. The Morgan fingerprint density at radius 1 is 1.04 bits per heavy atom. The van der Waals surface area contributed by atoms with Crippen LogP contribution in [-0.4, -0.2) is 27.9 Å². The molecule has 0 saturated carbocycles. The zero-order chi connectivity index (χ0) is 18.5. The number of fused-ring (bicyclic) bond motifs is 1. The smallest absolute Gasteiger partial charge is 0.251 e. The number of aromatic nitrogens is 2. The summed E-state index contributed by atoms with van der Waals surface area (Å²) in [6, 6.07) is 15.2. The highest BCUT2D eigenvalue weighted by molar-refractivity contribution is 5.94. The first-order valence-electron chi connectivity index (χ1n) is 8.58. The van der Waals surface area contributed by atoms with Crippen LogP contribution in [0.5, 0.6) is 0 Å². The molecule has 2 aromatic carbocycles. The van der Waals surface area contributed by atoms with Crippen LogP contribution in [0.15, 0.2) is 48.5 Å². The maximum Gasteiger partial charge on any atom is 0.251 e. The van der Waals surface area contributed by atoms with Crippen LogP contribution in [0.3, 0.4) is 0 Å². The number of benzene rings is 2. The monoisotopic (exact) mass is 350 g/mol. The van der Waals surface area contributed by atoms with Crippen molar-refractivity contribution in [3.63, 3.8) is 0 Å². The molecule has 0 saturated heterocycles. The van der Waals surface area contributed by atoms with Crippen molar-refractivity contribution in [2.24, 2.45) is 0 Å². The molecule has 1 aromatic heterocycles. The van der Waals surface area contributed by atoms with Crippen LogP contribution in [0.25, 0.3) is 11.0 Å². The average Bonchev–Trinajstić information content (AvgIpc) is 2.96. The lowest BCUT2D eigenvalue weighted by Gasteiger charge is -2.09. The van der Waals surface area contributed by atoms with Crippen molar-refractivity contribution in [1.29, 1.82) is 0 Å². The molecule has 2 N–H and O–H groups in total. The largest absolute Gasteiger partial charge is 0.352 e. The van der Waals surface area contributed by atoms with Crippen molar-refractivity contribution >= 4 is 22.8 Å². The number of nitrogens with one attached hydrogen (secondary N) is 2. The van der Waals surface area contributed by atoms with Gasteiger partial charge in [-0.1, -0.05) is 24.3 Å². The normalized spacial score (nSPS) is 10.7. The minimum atomic E-state index is -0.113. The molecule has 2 amide bonds. The van der Waals surface area contributed by atoms with Crippen molar-refractivity contribution < 1.29 is 9.59 Å². The zero-order valence-electron chi connectivity index (χ0n) is 15.0. The van der Waals surface area contributed by atoms with Crippen molar-refractivity contribution in [2.75, 3.05) is 6.54 Å². The summed E-state index contributed by atoms with van der Waals surface area (Å²) in [5.41, 5.74) is 3.59. The number of para-hydroxylation sites is 2. The third-order valence-electron chi connectivity index (χ3n) is 4.22. The van der Waals surface area contributed by atoms with E-state index in [2.05, 4.69) is 20.2 Å². The van der Waals surface area contributed by atoms with Gasteiger partial charge in [-0.25, -0.2) is 4.98 Å². The summed E-state index contributed by atoms with van der Waals surface area (Å²) in [5, 5.41) is 5.67. The first-order chi connectivity index (χ1) is 12.5. The van der Waals surface area contributed by atoms with Crippen molar-refractivity contribution in [2.45, 2.75) is 26.9 Å². The van der Waals surface area contributed by atoms with E-state index in [0.717, 1.165) is 22.4 Å². The molecule has 6 nitrogen and oxygen atoms in total. The van der Waals surface area contributed by atoms with Gasteiger partial charge in [-0.2, -0.15) is 0 Å². The number of rotatable bonds is 6. The van der Waals surface area contributed by atoms with E-state index in [0.29, 0.717) is 25.2 Å². The Bertz CT molecular complexity index is 929. The Morgan fingerprint density at radius 2 is 1.77 bits per heavy atom. The van der Waals surface area contributed by atoms with Gasteiger partial charge in [0.15, 0.2) is 0 Å². The molecule has 1 heterocycles. The van der Waals surface area contributed by atoms with Gasteiger partial charge < -0.3 is 15.2 Å². The molecule has 3 aromatic rings. The molecular formula is C20H22N4O2. The molecule has 0 radical (unpaired) electrons. The third kappa shape index (κ3) is 4.08.